The maximum atomic E-state index is 12.4. The van der Waals surface area contributed by atoms with Gasteiger partial charge in [0.15, 0.2) is 0 Å². The Balaban J connectivity index is 2.30. The van der Waals surface area contributed by atoms with Gasteiger partial charge in [-0.3, -0.25) is 14.2 Å². The van der Waals surface area contributed by atoms with Crippen LogP contribution < -0.4 is 5.56 Å². The van der Waals surface area contributed by atoms with E-state index in [0.717, 1.165) is 5.56 Å². The number of para-hydroxylation sites is 1. The summed E-state index contributed by atoms with van der Waals surface area (Å²) in [5.41, 5.74) is 1.48. The van der Waals surface area contributed by atoms with Crippen LogP contribution in [0.4, 0.5) is 0 Å². The van der Waals surface area contributed by atoms with Crippen LogP contribution in [-0.4, -0.2) is 34.0 Å². The Morgan fingerprint density at radius 3 is 2.76 bits per heavy atom. The lowest BCUT2D eigenvalue weighted by atomic mass is 10.1. The Labute approximate surface area is 124 Å². The van der Waals surface area contributed by atoms with E-state index in [9.17, 15) is 9.59 Å². The number of aromatic nitrogens is 2. The predicted molar refractivity (Wildman–Crippen MR) is 83.2 cm³/mol. The van der Waals surface area contributed by atoms with Crippen LogP contribution in [0, 0.1) is 12.8 Å². The van der Waals surface area contributed by atoms with Gasteiger partial charge in [-0.1, -0.05) is 26.0 Å². The molecule has 1 amide bonds. The van der Waals surface area contributed by atoms with Crippen LogP contribution in [0.15, 0.2) is 29.3 Å². The van der Waals surface area contributed by atoms with Crippen molar-refractivity contribution >= 4 is 16.8 Å². The second-order valence-electron chi connectivity index (χ2n) is 5.82. The van der Waals surface area contributed by atoms with Crippen LogP contribution >= 0.6 is 0 Å². The van der Waals surface area contributed by atoms with Crippen LogP contribution in [0.5, 0.6) is 0 Å². The number of hydrogen-bond acceptors (Lipinski definition) is 3. The molecule has 0 radical (unpaired) electrons. The van der Waals surface area contributed by atoms with Crippen LogP contribution in [-0.2, 0) is 11.3 Å². The number of fused-ring (bicyclic) bond motifs is 1. The largest absolute Gasteiger partial charge is 0.344 e. The van der Waals surface area contributed by atoms with E-state index >= 15 is 0 Å². The summed E-state index contributed by atoms with van der Waals surface area (Å²) in [5, 5.41) is 0.553. The van der Waals surface area contributed by atoms with E-state index in [4.69, 9.17) is 0 Å². The zero-order valence-corrected chi connectivity index (χ0v) is 13.0. The molecule has 0 saturated heterocycles. The molecule has 0 aliphatic heterocycles. The summed E-state index contributed by atoms with van der Waals surface area (Å²) in [5.74, 6) is 0.313. The molecule has 0 spiro atoms. The molecular weight excluding hydrogens is 266 g/mol. The Kier molecular flexibility index (Phi) is 4.40. The summed E-state index contributed by atoms with van der Waals surface area (Å²) in [7, 11) is 1.76. The van der Waals surface area contributed by atoms with Crippen molar-refractivity contribution in [2.75, 3.05) is 13.6 Å². The van der Waals surface area contributed by atoms with Crippen LogP contribution in [0.3, 0.4) is 0 Å². The monoisotopic (exact) mass is 287 g/mol. The van der Waals surface area contributed by atoms with Crippen molar-refractivity contribution in [3.8, 4) is 0 Å². The van der Waals surface area contributed by atoms with Crippen molar-refractivity contribution in [1.82, 2.24) is 14.5 Å². The molecule has 2 aromatic rings. The van der Waals surface area contributed by atoms with Gasteiger partial charge in [0.25, 0.3) is 5.56 Å². The Morgan fingerprint density at radius 2 is 2.10 bits per heavy atom. The number of amides is 1. The molecule has 5 nitrogen and oxygen atoms in total. The second-order valence-corrected chi connectivity index (χ2v) is 5.82. The number of likely N-dealkylation sites (N-methyl/N-ethyl adjacent to an activating group) is 1. The lowest BCUT2D eigenvalue weighted by Crippen LogP contribution is -2.36. The molecule has 0 bridgehead atoms. The highest BCUT2D eigenvalue weighted by Crippen LogP contribution is 2.11. The van der Waals surface area contributed by atoms with Crippen molar-refractivity contribution in [3.05, 3.63) is 40.4 Å². The van der Waals surface area contributed by atoms with E-state index in [2.05, 4.69) is 18.8 Å². The molecule has 1 aromatic heterocycles. The first-order valence-electron chi connectivity index (χ1n) is 7.09. The van der Waals surface area contributed by atoms with Crippen molar-refractivity contribution in [1.29, 1.82) is 0 Å². The molecule has 5 heteroatoms. The van der Waals surface area contributed by atoms with Gasteiger partial charge in [-0.2, -0.15) is 0 Å². The highest BCUT2D eigenvalue weighted by Gasteiger charge is 2.13. The van der Waals surface area contributed by atoms with Crippen molar-refractivity contribution in [2.24, 2.45) is 5.92 Å². The Morgan fingerprint density at radius 1 is 1.38 bits per heavy atom. The van der Waals surface area contributed by atoms with E-state index in [0.29, 0.717) is 23.4 Å². The minimum absolute atomic E-state index is 0.0267. The summed E-state index contributed by atoms with van der Waals surface area (Å²) in [6, 6.07) is 5.49. The molecule has 0 atom stereocenters. The van der Waals surface area contributed by atoms with Crippen LogP contribution in [0.1, 0.15) is 19.4 Å². The van der Waals surface area contributed by atoms with Gasteiger partial charge in [-0.15, -0.1) is 0 Å². The molecule has 0 N–H and O–H groups in total. The summed E-state index contributed by atoms with van der Waals surface area (Å²) in [4.78, 5) is 30.5. The van der Waals surface area contributed by atoms with Crippen molar-refractivity contribution in [2.45, 2.75) is 27.3 Å². The molecule has 0 fully saturated rings. The highest BCUT2D eigenvalue weighted by molar-refractivity contribution is 5.81. The van der Waals surface area contributed by atoms with Gasteiger partial charge in [-0.25, -0.2) is 4.98 Å². The fraction of sp³-hybridized carbons (Fsp3) is 0.438. The number of rotatable bonds is 4. The fourth-order valence-electron chi connectivity index (χ4n) is 2.37. The predicted octanol–water partition coefficient (Wildman–Crippen LogP) is 1.82. The molecule has 0 unspecified atom stereocenters. The lowest BCUT2D eigenvalue weighted by molar-refractivity contribution is -0.131. The number of nitrogens with zero attached hydrogens (tertiary/aromatic N) is 3. The van der Waals surface area contributed by atoms with E-state index in [-0.39, 0.29) is 18.0 Å². The van der Waals surface area contributed by atoms with Gasteiger partial charge in [-0.05, 0) is 24.5 Å². The standard InChI is InChI=1S/C16H21N3O2/c1-11(2)8-18(4)14(20)9-19-10-17-15-12(3)6-5-7-13(15)16(19)21/h5-7,10-11H,8-9H2,1-4H3. The topological polar surface area (TPSA) is 55.2 Å². The van der Waals surface area contributed by atoms with E-state index < -0.39 is 0 Å². The highest BCUT2D eigenvalue weighted by atomic mass is 16.2. The fourth-order valence-corrected chi connectivity index (χ4v) is 2.37. The number of aryl methyl sites for hydroxylation is 1. The molecule has 112 valence electrons. The normalized spacial score (nSPS) is 11.1. The number of carbonyl (C=O) groups excluding carboxylic acids is 1. The molecule has 1 aromatic carbocycles. The molecule has 0 saturated carbocycles. The van der Waals surface area contributed by atoms with E-state index in [1.54, 1.807) is 18.0 Å². The average molecular weight is 287 g/mol. The third-order valence-corrected chi connectivity index (χ3v) is 3.43. The molecule has 2 rings (SSSR count). The van der Waals surface area contributed by atoms with Gasteiger partial charge in [0, 0.05) is 13.6 Å². The molecule has 0 aliphatic rings. The molecule has 21 heavy (non-hydrogen) atoms. The maximum Gasteiger partial charge on any atom is 0.261 e. The second kappa shape index (κ2) is 6.08. The van der Waals surface area contributed by atoms with Crippen LogP contribution in [0.2, 0.25) is 0 Å². The van der Waals surface area contributed by atoms with Gasteiger partial charge in [0.2, 0.25) is 5.91 Å². The lowest BCUT2D eigenvalue weighted by Gasteiger charge is -2.19. The third-order valence-electron chi connectivity index (χ3n) is 3.43. The van der Waals surface area contributed by atoms with Crippen molar-refractivity contribution < 1.29 is 4.79 Å². The molecule has 1 heterocycles. The SMILES string of the molecule is Cc1cccc2c(=O)n(CC(=O)N(C)CC(C)C)cnc12. The first-order chi connectivity index (χ1) is 9.90. The zero-order chi connectivity index (χ0) is 15.6. The van der Waals surface area contributed by atoms with Crippen molar-refractivity contribution in [3.63, 3.8) is 0 Å². The van der Waals surface area contributed by atoms with Gasteiger partial charge in [0.05, 0.1) is 17.2 Å². The summed E-state index contributed by atoms with van der Waals surface area (Å²) >= 11 is 0. The third kappa shape index (κ3) is 3.29. The molecular formula is C16H21N3O2. The van der Waals surface area contributed by atoms with E-state index in [1.165, 1.54) is 10.9 Å². The van der Waals surface area contributed by atoms with Gasteiger partial charge in [0.1, 0.15) is 6.54 Å². The Hall–Kier alpha value is -2.17. The summed E-state index contributed by atoms with van der Waals surface area (Å²) in [6.07, 6.45) is 1.46. The summed E-state index contributed by atoms with van der Waals surface area (Å²) in [6.45, 7) is 6.72. The van der Waals surface area contributed by atoms with Gasteiger partial charge < -0.3 is 4.90 Å². The average Bonchev–Trinajstić information content (AvgIpc) is 2.41. The van der Waals surface area contributed by atoms with Gasteiger partial charge >= 0.3 is 0 Å². The zero-order valence-electron chi connectivity index (χ0n) is 13.0. The smallest absolute Gasteiger partial charge is 0.261 e. The number of benzene rings is 1. The maximum absolute atomic E-state index is 12.4. The van der Waals surface area contributed by atoms with E-state index in [1.807, 2.05) is 19.1 Å². The van der Waals surface area contributed by atoms with Crippen LogP contribution in [0.25, 0.3) is 10.9 Å². The molecule has 0 aliphatic carbocycles. The number of carbonyl (C=O) groups is 1. The minimum Gasteiger partial charge on any atom is -0.344 e. The first-order valence-corrected chi connectivity index (χ1v) is 7.09. The first kappa shape index (κ1) is 15.2. The number of hydrogen-bond donors (Lipinski definition) is 0. The Bertz CT molecular complexity index is 719. The quantitative estimate of drug-likeness (QED) is 0.862. The summed E-state index contributed by atoms with van der Waals surface area (Å²) < 4.78 is 1.38. The minimum atomic E-state index is -0.171.